The van der Waals surface area contributed by atoms with E-state index in [1.165, 1.54) is 5.56 Å². The van der Waals surface area contributed by atoms with E-state index in [-0.39, 0.29) is 24.4 Å². The first-order valence-electron chi connectivity index (χ1n) is 7.91. The first-order chi connectivity index (χ1) is 10.1. The minimum atomic E-state index is -3.48. The lowest BCUT2D eigenvalue weighted by Gasteiger charge is -2.26. The molecule has 1 heterocycles. The van der Waals surface area contributed by atoms with Crippen LogP contribution in [0.1, 0.15) is 41.2 Å². The predicted molar refractivity (Wildman–Crippen MR) is 97.9 cm³/mol. The maximum absolute atomic E-state index is 13.2. The van der Waals surface area contributed by atoms with E-state index in [9.17, 15) is 8.42 Å². The SMILES string of the molecule is Cc1c(C)c(C)c(S(=O)(=O)N2CC(CN)CC2C)c(C)c1C.Cl. The van der Waals surface area contributed by atoms with Gasteiger partial charge < -0.3 is 5.73 Å². The van der Waals surface area contributed by atoms with Crippen molar-refractivity contribution in [2.75, 3.05) is 13.1 Å². The van der Waals surface area contributed by atoms with Crippen molar-refractivity contribution < 1.29 is 8.42 Å². The second-order valence-corrected chi connectivity index (χ2v) is 8.54. The first kappa shape index (κ1) is 20.4. The summed E-state index contributed by atoms with van der Waals surface area (Å²) in [6, 6.07) is 0.0132. The lowest BCUT2D eigenvalue weighted by molar-refractivity contribution is 0.404. The van der Waals surface area contributed by atoms with Crippen LogP contribution in [0.25, 0.3) is 0 Å². The molecular weight excluding hydrogens is 332 g/mol. The smallest absolute Gasteiger partial charge is 0.243 e. The molecule has 23 heavy (non-hydrogen) atoms. The summed E-state index contributed by atoms with van der Waals surface area (Å²) in [4.78, 5) is 0.498. The zero-order valence-electron chi connectivity index (χ0n) is 14.9. The van der Waals surface area contributed by atoms with Crippen molar-refractivity contribution in [1.29, 1.82) is 0 Å². The van der Waals surface area contributed by atoms with Gasteiger partial charge >= 0.3 is 0 Å². The van der Waals surface area contributed by atoms with Crippen LogP contribution in [0.2, 0.25) is 0 Å². The standard InChI is InChI=1S/C17H28N2O2S.ClH/c1-10-7-16(8-18)9-19(10)22(20,21)17-14(5)12(3)11(2)13(4)15(17)6;/h10,16H,7-9,18H2,1-6H3;1H. The number of nitrogens with two attached hydrogens (primary N) is 1. The number of nitrogens with zero attached hydrogens (tertiary/aromatic N) is 1. The van der Waals surface area contributed by atoms with Gasteiger partial charge in [0.2, 0.25) is 10.0 Å². The van der Waals surface area contributed by atoms with E-state index in [1.807, 2.05) is 34.6 Å². The molecule has 6 heteroatoms. The van der Waals surface area contributed by atoms with Gasteiger partial charge in [-0.2, -0.15) is 4.31 Å². The molecule has 0 radical (unpaired) electrons. The molecule has 1 aromatic carbocycles. The first-order valence-corrected chi connectivity index (χ1v) is 9.35. The van der Waals surface area contributed by atoms with Gasteiger partial charge in [0, 0.05) is 12.6 Å². The Hall–Kier alpha value is -0.620. The van der Waals surface area contributed by atoms with Crippen LogP contribution in [0.5, 0.6) is 0 Å². The highest BCUT2D eigenvalue weighted by atomic mass is 35.5. The van der Waals surface area contributed by atoms with E-state index in [1.54, 1.807) is 4.31 Å². The average molecular weight is 361 g/mol. The van der Waals surface area contributed by atoms with Gasteiger partial charge in [0.05, 0.1) is 4.90 Å². The van der Waals surface area contributed by atoms with Gasteiger partial charge in [0.1, 0.15) is 0 Å². The van der Waals surface area contributed by atoms with Crippen molar-refractivity contribution in [3.05, 3.63) is 27.8 Å². The topological polar surface area (TPSA) is 63.4 Å². The fourth-order valence-corrected chi connectivity index (χ4v) is 5.87. The average Bonchev–Trinajstić information content (AvgIpc) is 2.85. The van der Waals surface area contributed by atoms with Crippen molar-refractivity contribution in [3.8, 4) is 0 Å². The maximum atomic E-state index is 13.2. The molecule has 0 bridgehead atoms. The van der Waals surface area contributed by atoms with E-state index in [4.69, 9.17) is 5.73 Å². The van der Waals surface area contributed by atoms with Crippen molar-refractivity contribution in [2.24, 2.45) is 11.7 Å². The fraction of sp³-hybridized carbons (Fsp3) is 0.647. The normalized spacial score (nSPS) is 22.2. The lowest BCUT2D eigenvalue weighted by atomic mass is 9.95. The molecule has 2 atom stereocenters. The van der Waals surface area contributed by atoms with Crippen LogP contribution in [0.3, 0.4) is 0 Å². The highest BCUT2D eigenvalue weighted by Gasteiger charge is 2.39. The van der Waals surface area contributed by atoms with E-state index in [0.29, 0.717) is 18.0 Å². The van der Waals surface area contributed by atoms with Crippen molar-refractivity contribution in [1.82, 2.24) is 4.31 Å². The Kier molecular flexibility index (Phi) is 6.30. The van der Waals surface area contributed by atoms with Crippen LogP contribution in [-0.2, 0) is 10.0 Å². The summed E-state index contributed by atoms with van der Waals surface area (Å²) in [5.74, 6) is 0.262. The fourth-order valence-electron chi connectivity index (χ4n) is 3.58. The third kappa shape index (κ3) is 3.29. The van der Waals surface area contributed by atoms with E-state index < -0.39 is 10.0 Å². The zero-order chi connectivity index (χ0) is 16.8. The molecule has 2 rings (SSSR count). The van der Waals surface area contributed by atoms with Gasteiger partial charge in [-0.25, -0.2) is 8.42 Å². The van der Waals surface area contributed by atoms with Gasteiger partial charge in [-0.15, -0.1) is 12.4 Å². The van der Waals surface area contributed by atoms with E-state index in [0.717, 1.165) is 28.7 Å². The number of hydrogen-bond donors (Lipinski definition) is 1. The van der Waals surface area contributed by atoms with Crippen molar-refractivity contribution >= 4 is 22.4 Å². The van der Waals surface area contributed by atoms with Gasteiger partial charge in [0.25, 0.3) is 0 Å². The summed E-state index contributed by atoms with van der Waals surface area (Å²) < 4.78 is 28.1. The molecule has 1 saturated heterocycles. The Bertz CT molecular complexity index is 672. The summed E-state index contributed by atoms with van der Waals surface area (Å²) in [6.07, 6.45) is 0.845. The number of sulfonamides is 1. The number of hydrogen-bond acceptors (Lipinski definition) is 3. The van der Waals surface area contributed by atoms with E-state index in [2.05, 4.69) is 6.92 Å². The monoisotopic (exact) mass is 360 g/mol. The summed E-state index contributed by atoms with van der Waals surface area (Å²) in [7, 11) is -3.48. The Morgan fingerprint density at radius 2 is 1.43 bits per heavy atom. The van der Waals surface area contributed by atoms with Crippen LogP contribution in [-0.4, -0.2) is 31.9 Å². The molecule has 1 aromatic rings. The van der Waals surface area contributed by atoms with Crippen LogP contribution < -0.4 is 5.73 Å². The molecular formula is C17H29ClN2O2S. The molecule has 1 fully saturated rings. The second kappa shape index (κ2) is 7.09. The van der Waals surface area contributed by atoms with Gasteiger partial charge in [-0.05, 0) is 88.2 Å². The predicted octanol–water partition coefficient (Wildman–Crippen LogP) is 3.01. The summed E-state index contributed by atoms with van der Waals surface area (Å²) in [6.45, 7) is 13.0. The minimum Gasteiger partial charge on any atom is -0.330 e. The highest BCUT2D eigenvalue weighted by Crippen LogP contribution is 2.35. The van der Waals surface area contributed by atoms with Crippen LogP contribution in [0.4, 0.5) is 0 Å². The summed E-state index contributed by atoms with van der Waals surface area (Å²) in [5.41, 5.74) is 10.8. The molecule has 0 amide bonds. The molecule has 0 aliphatic carbocycles. The van der Waals surface area contributed by atoms with Crippen LogP contribution in [0.15, 0.2) is 4.90 Å². The van der Waals surface area contributed by atoms with Crippen molar-refractivity contribution in [3.63, 3.8) is 0 Å². The molecule has 1 aliphatic rings. The molecule has 2 N–H and O–H groups in total. The Balaban J connectivity index is 0.00000264. The molecule has 1 aliphatic heterocycles. The Morgan fingerprint density at radius 1 is 1.00 bits per heavy atom. The molecule has 0 aromatic heterocycles. The Labute approximate surface area is 146 Å². The summed E-state index contributed by atoms with van der Waals surface area (Å²) in [5, 5.41) is 0. The van der Waals surface area contributed by atoms with Gasteiger partial charge in [0.15, 0.2) is 0 Å². The largest absolute Gasteiger partial charge is 0.330 e. The molecule has 2 unspecified atom stereocenters. The van der Waals surface area contributed by atoms with E-state index >= 15 is 0 Å². The van der Waals surface area contributed by atoms with Crippen molar-refractivity contribution in [2.45, 2.75) is 58.9 Å². The minimum absolute atomic E-state index is 0. The Morgan fingerprint density at radius 3 is 1.83 bits per heavy atom. The molecule has 4 nitrogen and oxygen atoms in total. The maximum Gasteiger partial charge on any atom is 0.243 e. The quantitative estimate of drug-likeness (QED) is 0.901. The van der Waals surface area contributed by atoms with Gasteiger partial charge in [-0.3, -0.25) is 0 Å². The van der Waals surface area contributed by atoms with Crippen LogP contribution >= 0.6 is 12.4 Å². The number of halogens is 1. The summed E-state index contributed by atoms with van der Waals surface area (Å²) >= 11 is 0. The third-order valence-corrected chi connectivity index (χ3v) is 7.69. The number of benzene rings is 1. The zero-order valence-corrected chi connectivity index (χ0v) is 16.6. The molecule has 0 spiro atoms. The highest BCUT2D eigenvalue weighted by molar-refractivity contribution is 7.89. The molecule has 132 valence electrons. The third-order valence-electron chi connectivity index (χ3n) is 5.44. The number of rotatable bonds is 3. The lowest BCUT2D eigenvalue weighted by Crippen LogP contribution is -2.35. The second-order valence-electron chi connectivity index (χ2n) is 6.72. The molecule has 0 saturated carbocycles. The van der Waals surface area contributed by atoms with Gasteiger partial charge in [-0.1, -0.05) is 0 Å². The van der Waals surface area contributed by atoms with Crippen LogP contribution in [0, 0.1) is 40.5 Å².